The third-order valence-corrected chi connectivity index (χ3v) is 9.97. The van der Waals surface area contributed by atoms with E-state index in [0.717, 1.165) is 38.9 Å². The number of aliphatic hydroxyl groups excluding tert-OH is 1. The lowest BCUT2D eigenvalue weighted by atomic mass is 9.70. The zero-order chi connectivity index (χ0) is 25.2. The first-order valence-electron chi connectivity index (χ1n) is 13.3. The minimum Gasteiger partial charge on any atom is -0.394 e. The maximum Gasteiger partial charge on any atom is 0.244 e. The first-order valence-corrected chi connectivity index (χ1v) is 14.2. The van der Waals surface area contributed by atoms with Crippen molar-refractivity contribution in [3.05, 3.63) is 0 Å². The van der Waals surface area contributed by atoms with E-state index in [1.807, 2.05) is 6.92 Å². The number of hydrogen-bond donors (Lipinski definition) is 3. The summed E-state index contributed by atoms with van der Waals surface area (Å²) in [7, 11) is 0. The molecule has 4 heterocycles. The number of hydrogen-bond acceptors (Lipinski definition) is 7. The Kier molecular flexibility index (Phi) is 8.66. The van der Waals surface area contributed by atoms with Crippen molar-refractivity contribution in [2.24, 2.45) is 17.8 Å². The summed E-state index contributed by atoms with van der Waals surface area (Å²) in [6.45, 7) is 10.9. The van der Waals surface area contributed by atoms with Gasteiger partial charge in [-0.2, -0.15) is 0 Å². The third kappa shape index (κ3) is 5.08. The van der Waals surface area contributed by atoms with Crippen molar-refractivity contribution in [1.29, 1.82) is 0 Å². The molecular formula is C25H42N4O5S. The van der Waals surface area contributed by atoms with Crippen molar-refractivity contribution in [3.8, 4) is 0 Å². The van der Waals surface area contributed by atoms with Crippen molar-refractivity contribution in [3.63, 3.8) is 0 Å². The highest BCUT2D eigenvalue weighted by Crippen LogP contribution is 2.66. The molecule has 1 spiro atoms. The number of amides is 3. The van der Waals surface area contributed by atoms with Crippen molar-refractivity contribution in [2.45, 2.75) is 68.5 Å². The van der Waals surface area contributed by atoms with Crippen molar-refractivity contribution in [1.82, 2.24) is 20.4 Å². The molecule has 0 aliphatic carbocycles. The molecule has 0 aromatic heterocycles. The number of ether oxygens (including phenoxy) is 1. The summed E-state index contributed by atoms with van der Waals surface area (Å²) in [5.74, 6) is -1.03. The Morgan fingerprint density at radius 2 is 1.91 bits per heavy atom. The van der Waals surface area contributed by atoms with E-state index in [2.05, 4.69) is 29.4 Å². The van der Waals surface area contributed by atoms with Crippen LogP contribution in [0.5, 0.6) is 0 Å². The van der Waals surface area contributed by atoms with Crippen LogP contribution in [0.1, 0.15) is 46.5 Å². The summed E-state index contributed by atoms with van der Waals surface area (Å²) >= 11 is 1.68. The lowest BCUT2D eigenvalue weighted by molar-refractivity contribution is -0.143. The number of thioether (sulfide) groups is 1. The maximum absolute atomic E-state index is 14.0. The van der Waals surface area contributed by atoms with E-state index in [9.17, 15) is 19.5 Å². The smallest absolute Gasteiger partial charge is 0.244 e. The molecule has 3 amide bonds. The first-order chi connectivity index (χ1) is 16.8. The minimum atomic E-state index is -0.667. The molecule has 10 heteroatoms. The Morgan fingerprint density at radius 1 is 1.20 bits per heavy atom. The number of carbonyl (C=O) groups is 3. The van der Waals surface area contributed by atoms with Gasteiger partial charge in [-0.3, -0.25) is 19.3 Å². The average molecular weight is 511 g/mol. The predicted molar refractivity (Wildman–Crippen MR) is 135 cm³/mol. The average Bonchev–Trinajstić information content (AvgIpc) is 3.49. The second-order valence-electron chi connectivity index (χ2n) is 10.8. The molecule has 2 unspecified atom stereocenters. The highest BCUT2D eigenvalue weighted by molar-refractivity contribution is 8.02. The second kappa shape index (κ2) is 11.4. The van der Waals surface area contributed by atoms with Gasteiger partial charge in [-0.25, -0.2) is 0 Å². The SMILES string of the molecule is CCCNC(=O)[C@@H]1[C@H]2C(=O)N([C@@H](CO)CC(C)C)C(C(=O)NCCN3CCOCC3)C23CC[C@H]1S3. The highest BCUT2D eigenvalue weighted by Gasteiger charge is 2.74. The van der Waals surface area contributed by atoms with Crippen LogP contribution in [0.3, 0.4) is 0 Å². The molecule has 6 atom stereocenters. The van der Waals surface area contributed by atoms with Gasteiger partial charge in [0.15, 0.2) is 0 Å². The van der Waals surface area contributed by atoms with E-state index in [1.54, 1.807) is 16.7 Å². The van der Waals surface area contributed by atoms with Gasteiger partial charge in [0.05, 0.1) is 42.4 Å². The van der Waals surface area contributed by atoms with Gasteiger partial charge in [0.2, 0.25) is 17.7 Å². The maximum atomic E-state index is 14.0. The third-order valence-electron chi connectivity index (χ3n) is 8.02. The Bertz CT molecular complexity index is 792. The van der Waals surface area contributed by atoms with Crippen molar-refractivity contribution in [2.75, 3.05) is 52.5 Å². The Hall–Kier alpha value is -1.36. The molecule has 4 aliphatic heterocycles. The molecule has 2 bridgehead atoms. The monoisotopic (exact) mass is 510 g/mol. The van der Waals surface area contributed by atoms with Crippen molar-refractivity contribution < 1.29 is 24.2 Å². The lowest BCUT2D eigenvalue weighted by Gasteiger charge is -2.37. The molecule has 0 saturated carbocycles. The van der Waals surface area contributed by atoms with Crippen LogP contribution < -0.4 is 10.6 Å². The summed E-state index contributed by atoms with van der Waals surface area (Å²) < 4.78 is 4.80. The van der Waals surface area contributed by atoms with Gasteiger partial charge >= 0.3 is 0 Å². The first kappa shape index (κ1) is 26.7. The molecule has 35 heavy (non-hydrogen) atoms. The topological polar surface area (TPSA) is 111 Å². The molecule has 4 aliphatic rings. The van der Waals surface area contributed by atoms with Gasteiger partial charge in [0.1, 0.15) is 6.04 Å². The Labute approximate surface area is 213 Å². The molecule has 4 fully saturated rings. The number of morpholine rings is 1. The molecule has 0 aromatic rings. The fourth-order valence-electron chi connectivity index (χ4n) is 6.53. The molecule has 0 radical (unpaired) electrons. The van der Waals surface area contributed by atoms with Gasteiger partial charge in [0, 0.05) is 38.0 Å². The van der Waals surface area contributed by atoms with E-state index in [1.165, 1.54) is 0 Å². The molecule has 4 saturated heterocycles. The van der Waals surface area contributed by atoms with Crippen molar-refractivity contribution >= 4 is 29.5 Å². The molecule has 0 aromatic carbocycles. The fraction of sp³-hybridized carbons (Fsp3) is 0.880. The number of nitrogens with one attached hydrogen (secondary N) is 2. The van der Waals surface area contributed by atoms with E-state index in [4.69, 9.17) is 4.74 Å². The van der Waals surface area contributed by atoms with E-state index in [-0.39, 0.29) is 35.5 Å². The number of nitrogens with zero attached hydrogens (tertiary/aromatic N) is 2. The molecule has 198 valence electrons. The van der Waals surface area contributed by atoms with Crippen LogP contribution >= 0.6 is 11.8 Å². The molecular weight excluding hydrogens is 468 g/mol. The largest absolute Gasteiger partial charge is 0.394 e. The van der Waals surface area contributed by atoms with Crippen LogP contribution in [-0.4, -0.2) is 107 Å². The molecule has 3 N–H and O–H groups in total. The van der Waals surface area contributed by atoms with Crippen LogP contribution in [0.4, 0.5) is 0 Å². The zero-order valence-corrected chi connectivity index (χ0v) is 22.1. The van der Waals surface area contributed by atoms with Crippen LogP contribution in [0.15, 0.2) is 0 Å². The summed E-state index contributed by atoms with van der Waals surface area (Å²) in [6.07, 6.45) is 3.02. The fourth-order valence-corrected chi connectivity index (χ4v) is 8.73. The van der Waals surface area contributed by atoms with Gasteiger partial charge < -0.3 is 25.4 Å². The summed E-state index contributed by atoms with van der Waals surface area (Å²) in [5.41, 5.74) is 0. The quantitative estimate of drug-likeness (QED) is 0.370. The van der Waals surface area contributed by atoms with E-state index < -0.39 is 28.7 Å². The highest BCUT2D eigenvalue weighted by atomic mass is 32.2. The van der Waals surface area contributed by atoms with Crippen LogP contribution in [0.25, 0.3) is 0 Å². The van der Waals surface area contributed by atoms with E-state index >= 15 is 0 Å². The normalized spacial score (nSPS) is 33.3. The van der Waals surface area contributed by atoms with Gasteiger partial charge in [-0.1, -0.05) is 20.8 Å². The molecule has 9 nitrogen and oxygen atoms in total. The van der Waals surface area contributed by atoms with Crippen LogP contribution in [0.2, 0.25) is 0 Å². The van der Waals surface area contributed by atoms with Crippen LogP contribution in [0, 0.1) is 17.8 Å². The predicted octanol–water partition coefficient (Wildman–Crippen LogP) is 0.459. The van der Waals surface area contributed by atoms with Gasteiger partial charge in [-0.15, -0.1) is 11.8 Å². The zero-order valence-electron chi connectivity index (χ0n) is 21.3. The van der Waals surface area contributed by atoms with E-state index in [0.29, 0.717) is 32.7 Å². The summed E-state index contributed by atoms with van der Waals surface area (Å²) in [6, 6.07) is -1.10. The van der Waals surface area contributed by atoms with Crippen LogP contribution in [-0.2, 0) is 19.1 Å². The number of carbonyl (C=O) groups excluding carboxylic acids is 3. The van der Waals surface area contributed by atoms with Gasteiger partial charge in [-0.05, 0) is 31.6 Å². The Morgan fingerprint density at radius 3 is 2.57 bits per heavy atom. The Balaban J connectivity index is 1.58. The number of fused-ring (bicyclic) bond motifs is 1. The van der Waals surface area contributed by atoms with Gasteiger partial charge in [0.25, 0.3) is 0 Å². The number of aliphatic hydroxyl groups is 1. The lowest BCUT2D eigenvalue weighted by Crippen LogP contribution is -2.57. The number of rotatable bonds is 11. The number of likely N-dealkylation sites (tertiary alicyclic amines) is 1. The summed E-state index contributed by atoms with van der Waals surface area (Å²) in [4.78, 5) is 44.9. The second-order valence-corrected chi connectivity index (χ2v) is 12.4. The minimum absolute atomic E-state index is 0.0595. The molecule has 4 rings (SSSR count). The standard InChI is InChI=1S/C25H42N4O5S/c1-4-7-26-22(31)19-18-5-6-25(35-18)20(19)24(33)29(17(15-30)14-16(2)3)21(25)23(32)27-8-9-28-10-12-34-13-11-28/h16-21,30H,4-15H2,1-3H3,(H,26,31)(H,27,32)/t17-,18-,19+,20+,21?,25?/m1/s1. The summed E-state index contributed by atoms with van der Waals surface area (Å²) in [5, 5.41) is 16.5.